The number of hydrogen-bond acceptors (Lipinski definition) is 3. The number of hydrogen-bond donors (Lipinski definition) is 1. The molecule has 2 heterocycles. The Hall–Kier alpha value is -2.43. The molecule has 1 aliphatic rings. The summed E-state index contributed by atoms with van der Waals surface area (Å²) >= 11 is 0. The summed E-state index contributed by atoms with van der Waals surface area (Å²) in [6.45, 7) is 0.861. The molecule has 0 spiro atoms. The Morgan fingerprint density at radius 1 is 1.19 bits per heavy atom. The van der Waals surface area contributed by atoms with Crippen LogP contribution in [0.25, 0.3) is 10.9 Å². The van der Waals surface area contributed by atoms with Crippen LogP contribution in [0.3, 0.4) is 0 Å². The largest absolute Gasteiger partial charge is 0.481 e. The standard InChI is InChI=1S/C16H16N2O3/c19-15(18-9-3-5-12(10-18)16(20)21)14-8-7-11-4-1-2-6-13(11)17-14/h1-2,4,6-8,12H,3,5,9-10H2,(H,20,21). The molecule has 1 aromatic carbocycles. The molecule has 1 N–H and O–H groups in total. The predicted octanol–water partition coefficient (Wildman–Crippen LogP) is 2.17. The van der Waals surface area contributed by atoms with Crippen LogP contribution in [0.2, 0.25) is 0 Å². The lowest BCUT2D eigenvalue weighted by Gasteiger charge is -2.30. The summed E-state index contributed by atoms with van der Waals surface area (Å²) in [4.78, 5) is 29.5. The highest BCUT2D eigenvalue weighted by atomic mass is 16.4. The molecule has 3 rings (SSSR count). The maximum Gasteiger partial charge on any atom is 0.308 e. The van der Waals surface area contributed by atoms with E-state index in [0.717, 1.165) is 17.3 Å². The maximum absolute atomic E-state index is 12.5. The minimum absolute atomic E-state index is 0.188. The third-order valence-electron chi connectivity index (χ3n) is 3.88. The van der Waals surface area contributed by atoms with Crippen LogP contribution >= 0.6 is 0 Å². The van der Waals surface area contributed by atoms with Gasteiger partial charge in [0.05, 0.1) is 11.4 Å². The zero-order valence-electron chi connectivity index (χ0n) is 11.5. The fraction of sp³-hybridized carbons (Fsp3) is 0.312. The van der Waals surface area contributed by atoms with Gasteiger partial charge in [-0.25, -0.2) is 4.98 Å². The Labute approximate surface area is 122 Å². The van der Waals surface area contributed by atoms with E-state index < -0.39 is 11.9 Å². The van der Waals surface area contributed by atoms with Crippen molar-refractivity contribution in [2.24, 2.45) is 5.92 Å². The molecule has 2 aromatic rings. The number of aliphatic carboxylic acids is 1. The molecular formula is C16H16N2O3. The molecule has 21 heavy (non-hydrogen) atoms. The van der Waals surface area contributed by atoms with Gasteiger partial charge in [-0.05, 0) is 25.0 Å². The van der Waals surface area contributed by atoms with Crippen LogP contribution in [-0.2, 0) is 4.79 Å². The van der Waals surface area contributed by atoms with Crippen molar-refractivity contribution in [1.29, 1.82) is 0 Å². The lowest BCUT2D eigenvalue weighted by Crippen LogP contribution is -2.42. The average Bonchev–Trinajstić information content (AvgIpc) is 2.53. The summed E-state index contributed by atoms with van der Waals surface area (Å²) in [6, 6.07) is 11.2. The van der Waals surface area contributed by atoms with E-state index in [0.29, 0.717) is 18.7 Å². The second-order valence-electron chi connectivity index (χ2n) is 5.32. The third-order valence-corrected chi connectivity index (χ3v) is 3.88. The number of carboxylic acids is 1. The summed E-state index contributed by atoms with van der Waals surface area (Å²) in [6.07, 6.45) is 1.35. The van der Waals surface area contributed by atoms with Gasteiger partial charge < -0.3 is 10.0 Å². The molecule has 5 nitrogen and oxygen atoms in total. The molecule has 1 unspecified atom stereocenters. The van der Waals surface area contributed by atoms with E-state index in [1.165, 1.54) is 0 Å². The number of carboxylic acid groups (broad SMARTS) is 1. The molecule has 0 bridgehead atoms. The van der Waals surface area contributed by atoms with Gasteiger partial charge in [-0.3, -0.25) is 9.59 Å². The molecule has 1 fully saturated rings. The van der Waals surface area contributed by atoms with E-state index in [1.807, 2.05) is 30.3 Å². The number of para-hydroxylation sites is 1. The monoisotopic (exact) mass is 284 g/mol. The molecule has 1 aromatic heterocycles. The average molecular weight is 284 g/mol. The molecule has 1 amide bonds. The molecule has 1 aliphatic heterocycles. The number of benzene rings is 1. The Morgan fingerprint density at radius 2 is 2.00 bits per heavy atom. The quantitative estimate of drug-likeness (QED) is 0.917. The van der Waals surface area contributed by atoms with Crippen molar-refractivity contribution in [1.82, 2.24) is 9.88 Å². The SMILES string of the molecule is O=C(O)C1CCCN(C(=O)c2ccc3ccccc3n2)C1. The van der Waals surface area contributed by atoms with E-state index in [1.54, 1.807) is 11.0 Å². The zero-order valence-corrected chi connectivity index (χ0v) is 11.5. The molecule has 0 saturated carbocycles. The van der Waals surface area contributed by atoms with Crippen LogP contribution in [0.1, 0.15) is 23.3 Å². The number of pyridine rings is 1. The van der Waals surface area contributed by atoms with E-state index >= 15 is 0 Å². The van der Waals surface area contributed by atoms with Crippen LogP contribution in [-0.4, -0.2) is 40.0 Å². The van der Waals surface area contributed by atoms with E-state index in [9.17, 15) is 9.59 Å². The Balaban J connectivity index is 1.84. The Kier molecular flexibility index (Phi) is 3.56. The number of amides is 1. The highest BCUT2D eigenvalue weighted by Gasteiger charge is 2.29. The first-order valence-electron chi connectivity index (χ1n) is 7.03. The van der Waals surface area contributed by atoms with Crippen LogP contribution in [0.4, 0.5) is 0 Å². The number of likely N-dealkylation sites (tertiary alicyclic amines) is 1. The Bertz CT molecular complexity index is 699. The minimum atomic E-state index is -0.834. The first-order chi connectivity index (χ1) is 10.1. The highest BCUT2D eigenvalue weighted by molar-refractivity contribution is 5.95. The van der Waals surface area contributed by atoms with E-state index in [4.69, 9.17) is 5.11 Å². The number of aromatic nitrogens is 1. The number of rotatable bonds is 2. The summed E-state index contributed by atoms with van der Waals surface area (Å²) in [7, 11) is 0. The van der Waals surface area contributed by atoms with Gasteiger partial charge in [0.15, 0.2) is 0 Å². The highest BCUT2D eigenvalue weighted by Crippen LogP contribution is 2.19. The van der Waals surface area contributed by atoms with Crippen molar-refractivity contribution < 1.29 is 14.7 Å². The molecule has 5 heteroatoms. The maximum atomic E-state index is 12.5. The first kappa shape index (κ1) is 13.5. The topological polar surface area (TPSA) is 70.5 Å². The van der Waals surface area contributed by atoms with Gasteiger partial charge in [0.2, 0.25) is 0 Å². The van der Waals surface area contributed by atoms with Crippen LogP contribution in [0, 0.1) is 5.92 Å². The summed E-state index contributed by atoms with van der Waals surface area (Å²) in [5.74, 6) is -1.49. The van der Waals surface area contributed by atoms with E-state index in [-0.39, 0.29) is 12.5 Å². The second kappa shape index (κ2) is 5.52. The number of piperidine rings is 1. The van der Waals surface area contributed by atoms with Gasteiger partial charge in [-0.15, -0.1) is 0 Å². The fourth-order valence-electron chi connectivity index (χ4n) is 2.71. The molecular weight excluding hydrogens is 268 g/mol. The molecule has 1 saturated heterocycles. The van der Waals surface area contributed by atoms with Gasteiger partial charge >= 0.3 is 5.97 Å². The summed E-state index contributed by atoms with van der Waals surface area (Å²) in [5.41, 5.74) is 1.15. The van der Waals surface area contributed by atoms with Gasteiger partial charge in [-0.1, -0.05) is 24.3 Å². The zero-order chi connectivity index (χ0) is 14.8. The molecule has 0 aliphatic carbocycles. The smallest absolute Gasteiger partial charge is 0.308 e. The van der Waals surface area contributed by atoms with Gasteiger partial charge in [0, 0.05) is 18.5 Å². The minimum Gasteiger partial charge on any atom is -0.481 e. The number of carbonyl (C=O) groups excluding carboxylic acids is 1. The summed E-state index contributed by atoms with van der Waals surface area (Å²) < 4.78 is 0. The molecule has 1 atom stereocenters. The fourth-order valence-corrected chi connectivity index (χ4v) is 2.71. The van der Waals surface area contributed by atoms with Crippen molar-refractivity contribution in [3.8, 4) is 0 Å². The van der Waals surface area contributed by atoms with Gasteiger partial charge in [0.25, 0.3) is 5.91 Å². The normalized spacial score (nSPS) is 18.7. The van der Waals surface area contributed by atoms with Gasteiger partial charge in [-0.2, -0.15) is 0 Å². The Morgan fingerprint density at radius 3 is 2.81 bits per heavy atom. The van der Waals surface area contributed by atoms with Crippen LogP contribution < -0.4 is 0 Å². The lowest BCUT2D eigenvalue weighted by molar-refractivity contribution is -0.143. The first-order valence-corrected chi connectivity index (χ1v) is 7.03. The number of fused-ring (bicyclic) bond motifs is 1. The predicted molar refractivity (Wildman–Crippen MR) is 78.0 cm³/mol. The van der Waals surface area contributed by atoms with Gasteiger partial charge in [0.1, 0.15) is 5.69 Å². The second-order valence-corrected chi connectivity index (χ2v) is 5.32. The lowest BCUT2D eigenvalue weighted by atomic mass is 9.98. The van der Waals surface area contributed by atoms with Crippen molar-refractivity contribution in [2.75, 3.05) is 13.1 Å². The summed E-state index contributed by atoms with van der Waals surface area (Å²) in [5, 5.41) is 10.1. The number of nitrogens with zero attached hydrogens (tertiary/aromatic N) is 2. The number of carbonyl (C=O) groups is 2. The van der Waals surface area contributed by atoms with Crippen molar-refractivity contribution in [2.45, 2.75) is 12.8 Å². The van der Waals surface area contributed by atoms with Crippen molar-refractivity contribution in [3.63, 3.8) is 0 Å². The van der Waals surface area contributed by atoms with E-state index in [2.05, 4.69) is 4.98 Å². The van der Waals surface area contributed by atoms with Crippen LogP contribution in [0.15, 0.2) is 36.4 Å². The molecule has 108 valence electrons. The van der Waals surface area contributed by atoms with Crippen molar-refractivity contribution >= 4 is 22.8 Å². The molecule has 0 radical (unpaired) electrons. The van der Waals surface area contributed by atoms with Crippen molar-refractivity contribution in [3.05, 3.63) is 42.1 Å². The third kappa shape index (κ3) is 2.72. The van der Waals surface area contributed by atoms with Crippen LogP contribution in [0.5, 0.6) is 0 Å².